The zero-order valence-corrected chi connectivity index (χ0v) is 14.4. The molecule has 0 spiro atoms. The van der Waals surface area contributed by atoms with Crippen LogP contribution in [0, 0.1) is 11.3 Å². The minimum absolute atomic E-state index is 0.102. The van der Waals surface area contributed by atoms with Crippen LogP contribution in [0.15, 0.2) is 48.2 Å². The Bertz CT molecular complexity index is 913. The minimum Gasteiger partial charge on any atom is -0.438 e. The van der Waals surface area contributed by atoms with Crippen molar-refractivity contribution in [3.05, 3.63) is 59.6 Å². The molecule has 26 heavy (non-hydrogen) atoms. The molecule has 1 aliphatic carbocycles. The molecule has 4 rings (SSSR count). The van der Waals surface area contributed by atoms with Gasteiger partial charge >= 0.3 is 0 Å². The molecule has 1 atom stereocenters. The van der Waals surface area contributed by atoms with Crippen LogP contribution < -0.4 is 4.74 Å². The van der Waals surface area contributed by atoms with Gasteiger partial charge in [-0.15, -0.1) is 0 Å². The third-order valence-electron chi connectivity index (χ3n) is 4.77. The first-order valence-corrected chi connectivity index (χ1v) is 8.66. The molecule has 1 unspecified atom stereocenters. The van der Waals surface area contributed by atoms with E-state index in [9.17, 15) is 4.79 Å². The molecular formula is C20H18N4O2. The van der Waals surface area contributed by atoms with Crippen molar-refractivity contribution in [2.45, 2.75) is 31.7 Å². The fraction of sp³-hybridized carbons (Fsp3) is 0.300. The number of benzene rings is 1. The van der Waals surface area contributed by atoms with Crippen LogP contribution in [0.2, 0.25) is 0 Å². The van der Waals surface area contributed by atoms with Gasteiger partial charge in [0.1, 0.15) is 17.1 Å². The normalized spacial score (nSPS) is 20.4. The first-order valence-electron chi connectivity index (χ1n) is 8.66. The summed E-state index contributed by atoms with van der Waals surface area (Å²) in [5.74, 6) is 1.84. The van der Waals surface area contributed by atoms with Gasteiger partial charge in [0.2, 0.25) is 5.88 Å². The van der Waals surface area contributed by atoms with Crippen LogP contribution in [0.3, 0.4) is 0 Å². The summed E-state index contributed by atoms with van der Waals surface area (Å²) in [5, 5.41) is 8.79. The van der Waals surface area contributed by atoms with Crippen LogP contribution >= 0.6 is 0 Å². The molecule has 2 heterocycles. The fourth-order valence-corrected chi connectivity index (χ4v) is 2.95. The first kappa shape index (κ1) is 16.3. The van der Waals surface area contributed by atoms with Crippen molar-refractivity contribution in [2.75, 3.05) is 6.54 Å². The monoisotopic (exact) mass is 346 g/mol. The molecule has 1 saturated heterocycles. The molecule has 0 N–H and O–H groups in total. The quantitative estimate of drug-likeness (QED) is 0.792. The third-order valence-corrected chi connectivity index (χ3v) is 4.77. The van der Waals surface area contributed by atoms with Gasteiger partial charge in [-0.25, -0.2) is 4.98 Å². The Morgan fingerprint density at radius 3 is 2.77 bits per heavy atom. The zero-order valence-electron chi connectivity index (χ0n) is 14.4. The average Bonchev–Trinajstić information content (AvgIpc) is 3.50. The smallest absolute Gasteiger partial charge is 0.261 e. The predicted molar refractivity (Wildman–Crippen MR) is 94.7 cm³/mol. The van der Waals surface area contributed by atoms with Crippen molar-refractivity contribution in [2.24, 2.45) is 0 Å². The minimum atomic E-state index is -0.180. The van der Waals surface area contributed by atoms with Crippen LogP contribution in [0.4, 0.5) is 0 Å². The third kappa shape index (κ3) is 3.04. The summed E-state index contributed by atoms with van der Waals surface area (Å²) < 4.78 is 5.91. The van der Waals surface area contributed by atoms with Crippen molar-refractivity contribution in [3.8, 4) is 17.7 Å². The van der Waals surface area contributed by atoms with Gasteiger partial charge in [0.05, 0.1) is 12.1 Å². The van der Waals surface area contributed by atoms with E-state index in [4.69, 9.17) is 10.00 Å². The molecule has 6 nitrogen and oxygen atoms in total. The number of hydrogen-bond acceptors (Lipinski definition) is 5. The van der Waals surface area contributed by atoms with Gasteiger partial charge in [0.25, 0.3) is 5.91 Å². The number of nitrogens with zero attached hydrogens (tertiary/aromatic N) is 4. The summed E-state index contributed by atoms with van der Waals surface area (Å²) >= 11 is 0. The van der Waals surface area contributed by atoms with Crippen LogP contribution in [-0.2, 0) is 0 Å². The number of carbonyl (C=O) groups is 1. The van der Waals surface area contributed by atoms with E-state index in [-0.39, 0.29) is 11.9 Å². The summed E-state index contributed by atoms with van der Waals surface area (Å²) in [7, 11) is 0. The second-order valence-corrected chi connectivity index (χ2v) is 6.59. The summed E-state index contributed by atoms with van der Waals surface area (Å²) in [6, 6.07) is 11.2. The number of ether oxygens (including phenoxy) is 1. The molecule has 1 aliphatic heterocycles. The Labute approximate surface area is 151 Å². The van der Waals surface area contributed by atoms with Gasteiger partial charge in [-0.05, 0) is 37.5 Å². The molecule has 6 heteroatoms. The van der Waals surface area contributed by atoms with Crippen molar-refractivity contribution in [1.29, 1.82) is 5.26 Å². The number of hydrogen-bond donors (Lipinski definition) is 0. The average molecular weight is 346 g/mol. The zero-order chi connectivity index (χ0) is 18.1. The highest BCUT2D eigenvalue weighted by Crippen LogP contribution is 2.39. The van der Waals surface area contributed by atoms with E-state index in [0.717, 1.165) is 24.2 Å². The maximum atomic E-state index is 13.0. The van der Waals surface area contributed by atoms with Gasteiger partial charge in [-0.1, -0.05) is 18.2 Å². The van der Waals surface area contributed by atoms with Crippen molar-refractivity contribution >= 4 is 5.91 Å². The SMILES string of the molecule is CC1C(=CC#N)CN1C(=O)c1cnc(C2CC2)nc1Oc1ccccc1. The van der Waals surface area contributed by atoms with Crippen molar-refractivity contribution < 1.29 is 9.53 Å². The lowest BCUT2D eigenvalue weighted by Gasteiger charge is -2.41. The Hall–Kier alpha value is -3.20. The lowest BCUT2D eigenvalue weighted by Crippen LogP contribution is -2.51. The number of nitriles is 1. The number of para-hydroxylation sites is 1. The van der Waals surface area contributed by atoms with Gasteiger partial charge in [0, 0.05) is 24.7 Å². The molecule has 0 bridgehead atoms. The number of likely N-dealkylation sites (tertiary alicyclic amines) is 1. The Balaban J connectivity index is 1.63. The predicted octanol–water partition coefficient (Wildman–Crippen LogP) is 3.44. The second kappa shape index (κ2) is 6.60. The van der Waals surface area contributed by atoms with E-state index in [1.54, 1.807) is 11.1 Å². The Kier molecular flexibility index (Phi) is 4.13. The van der Waals surface area contributed by atoms with Crippen LogP contribution in [-0.4, -0.2) is 33.4 Å². The molecule has 1 aromatic heterocycles. The van der Waals surface area contributed by atoms with E-state index < -0.39 is 0 Å². The molecule has 1 aromatic carbocycles. The highest BCUT2D eigenvalue weighted by atomic mass is 16.5. The number of allylic oxidation sites excluding steroid dienone is 1. The van der Waals surface area contributed by atoms with E-state index in [1.165, 1.54) is 6.08 Å². The summed E-state index contributed by atoms with van der Waals surface area (Å²) in [6.07, 6.45) is 5.22. The summed E-state index contributed by atoms with van der Waals surface area (Å²) in [6.45, 7) is 2.35. The number of rotatable bonds is 4. The van der Waals surface area contributed by atoms with E-state index >= 15 is 0 Å². The van der Waals surface area contributed by atoms with E-state index in [0.29, 0.717) is 29.7 Å². The maximum Gasteiger partial charge on any atom is 0.261 e. The molecule has 1 amide bonds. The van der Waals surface area contributed by atoms with E-state index in [2.05, 4.69) is 9.97 Å². The summed E-state index contributed by atoms with van der Waals surface area (Å²) in [5.41, 5.74) is 1.29. The second-order valence-electron chi connectivity index (χ2n) is 6.59. The van der Waals surface area contributed by atoms with Crippen LogP contribution in [0.1, 0.15) is 41.9 Å². The molecule has 2 aliphatic rings. The van der Waals surface area contributed by atoms with Crippen molar-refractivity contribution in [3.63, 3.8) is 0 Å². The lowest BCUT2D eigenvalue weighted by molar-refractivity contribution is 0.0637. The standard InChI is InChI=1S/C20H18N4O2/c1-13-15(9-10-21)12-24(13)20(25)17-11-22-18(14-7-8-14)23-19(17)26-16-5-3-2-4-6-16/h2-6,9,11,13-14H,7-8,12H2,1H3. The van der Waals surface area contributed by atoms with Crippen molar-refractivity contribution in [1.82, 2.24) is 14.9 Å². The fourth-order valence-electron chi connectivity index (χ4n) is 2.95. The van der Waals surface area contributed by atoms with Gasteiger partial charge in [0.15, 0.2) is 0 Å². The van der Waals surface area contributed by atoms with Gasteiger partial charge in [-0.3, -0.25) is 4.79 Å². The maximum absolute atomic E-state index is 13.0. The van der Waals surface area contributed by atoms with E-state index in [1.807, 2.05) is 43.3 Å². The summed E-state index contributed by atoms with van der Waals surface area (Å²) in [4.78, 5) is 23.5. The molecule has 1 saturated carbocycles. The highest BCUT2D eigenvalue weighted by molar-refractivity contribution is 5.97. The molecule has 0 radical (unpaired) electrons. The van der Waals surface area contributed by atoms with Crippen LogP contribution in [0.25, 0.3) is 0 Å². The first-order chi connectivity index (χ1) is 12.7. The Morgan fingerprint density at radius 1 is 1.35 bits per heavy atom. The molecule has 130 valence electrons. The molecular weight excluding hydrogens is 328 g/mol. The molecule has 2 aromatic rings. The largest absolute Gasteiger partial charge is 0.438 e. The number of carbonyl (C=O) groups excluding carboxylic acids is 1. The van der Waals surface area contributed by atoms with Crippen LogP contribution in [0.5, 0.6) is 11.6 Å². The van der Waals surface area contributed by atoms with Gasteiger partial charge < -0.3 is 9.64 Å². The Morgan fingerprint density at radius 2 is 2.12 bits per heavy atom. The lowest BCUT2D eigenvalue weighted by atomic mass is 9.96. The highest BCUT2D eigenvalue weighted by Gasteiger charge is 2.36. The van der Waals surface area contributed by atoms with Gasteiger partial charge in [-0.2, -0.15) is 10.2 Å². The topological polar surface area (TPSA) is 79.1 Å². The molecule has 2 fully saturated rings. The number of aromatic nitrogens is 2. The number of amides is 1.